The van der Waals surface area contributed by atoms with Gasteiger partial charge in [0.2, 0.25) is 17.7 Å². The Morgan fingerprint density at radius 3 is 2.20 bits per heavy atom. The summed E-state index contributed by atoms with van der Waals surface area (Å²) in [5.74, 6) is -1.04. The Morgan fingerprint density at radius 1 is 1.13 bits per heavy atom. The van der Waals surface area contributed by atoms with Gasteiger partial charge in [-0.25, -0.2) is 0 Å². The van der Waals surface area contributed by atoms with Crippen LogP contribution >= 0.6 is 11.8 Å². The summed E-state index contributed by atoms with van der Waals surface area (Å²) in [6.07, 6.45) is 0.967. The van der Waals surface area contributed by atoms with E-state index in [1.54, 1.807) is 0 Å². The molecule has 1 heterocycles. The van der Waals surface area contributed by atoms with E-state index in [4.69, 9.17) is 0 Å². The van der Waals surface area contributed by atoms with E-state index in [0.717, 1.165) is 29.9 Å². The van der Waals surface area contributed by atoms with Crippen molar-refractivity contribution in [1.29, 1.82) is 0 Å². The van der Waals surface area contributed by atoms with Gasteiger partial charge in [0, 0.05) is 6.54 Å². The third-order valence-electron chi connectivity index (χ3n) is 5.83. The molecule has 1 aromatic carbocycles. The first kappa shape index (κ1) is 22.7. The normalized spacial score (nSPS) is 22.7. The Morgan fingerprint density at radius 2 is 1.70 bits per heavy atom. The molecule has 3 atom stereocenters. The maximum Gasteiger partial charge on any atom is 0.416 e. The molecule has 3 rings (SSSR count). The maximum absolute atomic E-state index is 12.9. The van der Waals surface area contributed by atoms with Gasteiger partial charge in [0.1, 0.15) is 6.04 Å². The predicted octanol–water partition coefficient (Wildman–Crippen LogP) is 3.62. The van der Waals surface area contributed by atoms with E-state index >= 15 is 0 Å². The average molecular weight is 443 g/mol. The van der Waals surface area contributed by atoms with Gasteiger partial charge in [0.25, 0.3) is 0 Å². The second-order valence-corrected chi connectivity index (χ2v) is 8.74. The van der Waals surface area contributed by atoms with E-state index < -0.39 is 23.7 Å². The lowest BCUT2D eigenvalue weighted by Gasteiger charge is -2.26. The van der Waals surface area contributed by atoms with E-state index in [1.807, 2.05) is 6.26 Å². The molecular weight excluding hydrogens is 417 g/mol. The van der Waals surface area contributed by atoms with Crippen LogP contribution < -0.4 is 5.32 Å². The number of thioether (sulfide) groups is 1. The second-order valence-electron chi connectivity index (χ2n) is 7.75. The lowest BCUT2D eigenvalue weighted by atomic mass is 9.81. The van der Waals surface area contributed by atoms with Crippen LogP contribution in [0.5, 0.6) is 0 Å². The summed E-state index contributed by atoms with van der Waals surface area (Å²) >= 11 is 1.52. The van der Waals surface area contributed by atoms with Gasteiger partial charge in [0.05, 0.1) is 17.4 Å². The van der Waals surface area contributed by atoms with Gasteiger partial charge in [-0.15, -0.1) is 0 Å². The zero-order valence-electron chi connectivity index (χ0n) is 16.7. The van der Waals surface area contributed by atoms with Crippen molar-refractivity contribution < 1.29 is 27.6 Å². The molecule has 2 fully saturated rings. The molecule has 1 saturated carbocycles. The number of rotatable bonds is 7. The zero-order valence-corrected chi connectivity index (χ0v) is 17.5. The molecule has 9 heteroatoms. The number of halogens is 3. The molecule has 2 aliphatic rings. The van der Waals surface area contributed by atoms with Gasteiger partial charge in [-0.05, 0) is 49.0 Å². The Bertz CT molecular complexity index is 774. The number of nitrogens with one attached hydrogen (secondary N) is 1. The topological polar surface area (TPSA) is 66.5 Å². The molecule has 5 nitrogen and oxygen atoms in total. The van der Waals surface area contributed by atoms with E-state index in [-0.39, 0.29) is 30.2 Å². The van der Waals surface area contributed by atoms with Crippen LogP contribution in [0.4, 0.5) is 13.2 Å². The molecule has 0 radical (unpaired) electrons. The Kier molecular flexibility index (Phi) is 7.10. The molecule has 1 saturated heterocycles. The van der Waals surface area contributed by atoms with Crippen LogP contribution in [0.2, 0.25) is 0 Å². The molecule has 0 spiro atoms. The van der Waals surface area contributed by atoms with Crippen LogP contribution in [0, 0.1) is 11.8 Å². The molecule has 164 valence electrons. The fourth-order valence-corrected chi connectivity index (χ4v) is 4.68. The van der Waals surface area contributed by atoms with Crippen molar-refractivity contribution in [3.05, 3.63) is 35.4 Å². The summed E-state index contributed by atoms with van der Waals surface area (Å²) in [6, 6.07) is 3.65. The number of hydrogen-bond donors (Lipinski definition) is 1. The predicted molar refractivity (Wildman–Crippen MR) is 107 cm³/mol. The Balaban J connectivity index is 1.70. The van der Waals surface area contributed by atoms with Crippen LogP contribution in [0.15, 0.2) is 24.3 Å². The minimum atomic E-state index is -4.42. The molecule has 0 bridgehead atoms. The van der Waals surface area contributed by atoms with Crippen LogP contribution in [-0.4, -0.2) is 40.7 Å². The van der Waals surface area contributed by atoms with Crippen molar-refractivity contribution >= 4 is 29.5 Å². The highest BCUT2D eigenvalue weighted by Crippen LogP contribution is 2.39. The number of alkyl halides is 3. The summed E-state index contributed by atoms with van der Waals surface area (Å²) < 4.78 is 38.1. The first-order valence-electron chi connectivity index (χ1n) is 10.0. The first-order chi connectivity index (χ1) is 14.2. The third kappa shape index (κ3) is 4.82. The molecule has 0 unspecified atom stereocenters. The van der Waals surface area contributed by atoms with E-state index in [9.17, 15) is 27.6 Å². The monoisotopic (exact) mass is 442 g/mol. The van der Waals surface area contributed by atoms with Gasteiger partial charge < -0.3 is 5.32 Å². The number of carbonyl (C=O) groups is 3. The van der Waals surface area contributed by atoms with Gasteiger partial charge >= 0.3 is 6.18 Å². The van der Waals surface area contributed by atoms with Crippen LogP contribution in [0.3, 0.4) is 0 Å². The van der Waals surface area contributed by atoms with Crippen molar-refractivity contribution in [2.75, 3.05) is 12.0 Å². The molecule has 3 amide bonds. The van der Waals surface area contributed by atoms with E-state index in [1.165, 1.54) is 23.9 Å². The van der Waals surface area contributed by atoms with Gasteiger partial charge in [-0.1, -0.05) is 25.0 Å². The van der Waals surface area contributed by atoms with E-state index in [0.29, 0.717) is 30.6 Å². The van der Waals surface area contributed by atoms with Crippen LogP contribution in [-0.2, 0) is 27.1 Å². The number of fused-ring (bicyclic) bond motifs is 1. The van der Waals surface area contributed by atoms with Crippen LogP contribution in [0.1, 0.15) is 43.2 Å². The number of likely N-dealkylation sites (tertiary alicyclic amines) is 1. The third-order valence-corrected chi connectivity index (χ3v) is 6.48. The number of imide groups is 1. The number of amides is 3. The molecule has 30 heavy (non-hydrogen) atoms. The van der Waals surface area contributed by atoms with Crippen molar-refractivity contribution in [3.63, 3.8) is 0 Å². The highest BCUT2D eigenvalue weighted by molar-refractivity contribution is 7.98. The number of nitrogens with zero attached hydrogens (tertiary/aromatic N) is 1. The van der Waals surface area contributed by atoms with Crippen molar-refractivity contribution in [1.82, 2.24) is 10.2 Å². The molecule has 1 aliphatic carbocycles. The minimum absolute atomic E-state index is 0.0236. The van der Waals surface area contributed by atoms with Gasteiger partial charge in [0.15, 0.2) is 0 Å². The maximum atomic E-state index is 12.9. The summed E-state index contributed by atoms with van der Waals surface area (Å²) in [7, 11) is 0. The molecule has 1 aromatic rings. The molecule has 1 N–H and O–H groups in total. The number of carbonyl (C=O) groups excluding carboxylic acids is 3. The van der Waals surface area contributed by atoms with E-state index in [2.05, 4.69) is 5.32 Å². The fourth-order valence-electron chi connectivity index (χ4n) is 4.22. The van der Waals surface area contributed by atoms with Crippen molar-refractivity contribution in [2.24, 2.45) is 11.8 Å². The lowest BCUT2D eigenvalue weighted by Crippen LogP contribution is -2.50. The lowest BCUT2D eigenvalue weighted by molar-refractivity contribution is -0.148. The zero-order chi connectivity index (χ0) is 21.9. The molecule has 1 aliphatic heterocycles. The molecule has 0 aromatic heterocycles. The summed E-state index contributed by atoms with van der Waals surface area (Å²) in [5.41, 5.74) is -0.251. The first-order valence-corrected chi connectivity index (χ1v) is 11.4. The van der Waals surface area contributed by atoms with Crippen molar-refractivity contribution in [2.45, 2.75) is 50.9 Å². The number of hydrogen-bond acceptors (Lipinski definition) is 4. The minimum Gasteiger partial charge on any atom is -0.350 e. The quantitative estimate of drug-likeness (QED) is 0.655. The Hall–Kier alpha value is -2.03. The summed E-state index contributed by atoms with van der Waals surface area (Å²) in [6.45, 7) is 0.0236. The summed E-state index contributed by atoms with van der Waals surface area (Å²) in [4.78, 5) is 39.8. The molecular formula is C21H25F3N2O3S. The summed E-state index contributed by atoms with van der Waals surface area (Å²) in [5, 5.41) is 2.69. The van der Waals surface area contributed by atoms with Gasteiger partial charge in [-0.2, -0.15) is 24.9 Å². The van der Waals surface area contributed by atoms with Gasteiger partial charge in [-0.3, -0.25) is 19.3 Å². The van der Waals surface area contributed by atoms with Crippen LogP contribution in [0.25, 0.3) is 0 Å². The average Bonchev–Trinajstić information content (AvgIpc) is 2.97. The highest BCUT2D eigenvalue weighted by Gasteiger charge is 2.51. The SMILES string of the molecule is CSCC[C@H](C(=O)NCc1ccc(C(F)(F)F)cc1)N1C(=O)[C@@H]2CCCC[C@H]2C1=O. The number of benzene rings is 1. The standard InChI is InChI=1S/C21H25F3N2O3S/c1-30-11-10-17(26-19(28)15-4-2-3-5-16(15)20(26)29)18(27)25-12-13-6-8-14(9-7-13)21(22,23)24/h6-9,15-17H,2-5,10-12H2,1H3,(H,25,27)/t15-,16-,17-/m1/s1. The Labute approximate surface area is 177 Å². The van der Waals surface area contributed by atoms with Crippen molar-refractivity contribution in [3.8, 4) is 0 Å². The largest absolute Gasteiger partial charge is 0.416 e. The highest BCUT2D eigenvalue weighted by atomic mass is 32.2. The fraction of sp³-hybridized carbons (Fsp3) is 0.571. The smallest absolute Gasteiger partial charge is 0.350 e. The second kappa shape index (κ2) is 9.41.